The van der Waals surface area contributed by atoms with Crippen LogP contribution >= 0.6 is 0 Å². The highest BCUT2D eigenvalue weighted by molar-refractivity contribution is 5.86. The van der Waals surface area contributed by atoms with E-state index in [0.717, 1.165) is 34.7 Å². The molecular formula is C20H23N3O2. The van der Waals surface area contributed by atoms with Crippen LogP contribution in [0.15, 0.2) is 18.7 Å². The van der Waals surface area contributed by atoms with Crippen LogP contribution in [-0.4, -0.2) is 25.7 Å². The Labute approximate surface area is 146 Å². The van der Waals surface area contributed by atoms with Gasteiger partial charge < -0.3 is 5.11 Å². The van der Waals surface area contributed by atoms with Crippen LogP contribution in [0, 0.1) is 17.8 Å². The van der Waals surface area contributed by atoms with Gasteiger partial charge in [-0.15, -0.1) is 0 Å². The molecule has 5 heteroatoms. The average molecular weight is 337 g/mol. The van der Waals surface area contributed by atoms with Crippen LogP contribution in [0.25, 0.3) is 11.2 Å². The number of allylic oxidation sites excluding steroid dienone is 1. The maximum absolute atomic E-state index is 11.3. The normalized spacial score (nSPS) is 33.1. The lowest BCUT2D eigenvalue weighted by Crippen LogP contribution is -2.49. The molecule has 0 saturated heterocycles. The molecule has 0 unspecified atom stereocenters. The van der Waals surface area contributed by atoms with Crippen LogP contribution in [0.3, 0.4) is 0 Å². The zero-order chi connectivity index (χ0) is 17.3. The monoisotopic (exact) mass is 337 g/mol. The molecule has 0 aromatic carbocycles. The number of hydrogen-bond acceptors (Lipinski definition) is 3. The van der Waals surface area contributed by atoms with Crippen LogP contribution in [0.2, 0.25) is 0 Å². The highest BCUT2D eigenvalue weighted by atomic mass is 16.4. The number of carboxylic acid groups (broad SMARTS) is 1. The second-order valence-electron chi connectivity index (χ2n) is 8.61. The summed E-state index contributed by atoms with van der Waals surface area (Å²) in [6.45, 7) is 6.03. The molecule has 0 radical (unpaired) electrons. The number of carbonyl (C=O) groups is 1. The minimum absolute atomic E-state index is 0.0395. The first kappa shape index (κ1) is 15.1. The quantitative estimate of drug-likeness (QED) is 0.921. The number of aromatic nitrogens is 3. The van der Waals surface area contributed by atoms with Gasteiger partial charge in [0.2, 0.25) is 0 Å². The van der Waals surface area contributed by atoms with Gasteiger partial charge in [-0.05, 0) is 74.8 Å². The van der Waals surface area contributed by atoms with Gasteiger partial charge in [0.25, 0.3) is 0 Å². The van der Waals surface area contributed by atoms with E-state index in [9.17, 15) is 9.90 Å². The van der Waals surface area contributed by atoms with Crippen molar-refractivity contribution in [3.8, 4) is 0 Å². The van der Waals surface area contributed by atoms with Gasteiger partial charge in [0, 0.05) is 11.5 Å². The van der Waals surface area contributed by atoms with Crippen molar-refractivity contribution in [3.05, 3.63) is 35.8 Å². The van der Waals surface area contributed by atoms with E-state index in [-0.39, 0.29) is 11.1 Å². The van der Waals surface area contributed by atoms with E-state index in [1.54, 1.807) is 10.6 Å². The Balaban J connectivity index is 1.69. The zero-order valence-corrected chi connectivity index (χ0v) is 14.5. The number of nitrogens with zero attached hydrogens (tertiary/aromatic N) is 3. The standard InChI is InChI=1S/C20H23N3O2/c1-11(2)16-7-17(21-18-6-15(19(24)25)22-23(16)18)20-8-12-3-13(9-20)5-14(4-12)10-20/h6-7,12-14H,1,3-5,8-10H2,2H3,(H,24,25). The Kier molecular flexibility index (Phi) is 2.98. The van der Waals surface area contributed by atoms with Crippen LogP contribution in [0.4, 0.5) is 0 Å². The predicted octanol–water partition coefficient (Wildman–Crippen LogP) is 3.93. The van der Waals surface area contributed by atoms with Crippen molar-refractivity contribution < 1.29 is 9.90 Å². The van der Waals surface area contributed by atoms with E-state index in [4.69, 9.17) is 4.98 Å². The fourth-order valence-corrected chi connectivity index (χ4v) is 6.08. The topological polar surface area (TPSA) is 67.5 Å². The summed E-state index contributed by atoms with van der Waals surface area (Å²) < 4.78 is 1.63. The van der Waals surface area contributed by atoms with Gasteiger partial charge in [-0.3, -0.25) is 0 Å². The lowest BCUT2D eigenvalue weighted by molar-refractivity contribution is -0.00715. The lowest BCUT2D eigenvalue weighted by atomic mass is 9.49. The molecule has 6 rings (SSSR count). The Morgan fingerprint density at radius 2 is 1.80 bits per heavy atom. The molecule has 4 fully saturated rings. The molecule has 0 amide bonds. The summed E-state index contributed by atoms with van der Waals surface area (Å²) in [5, 5.41) is 13.5. The molecular weight excluding hydrogens is 314 g/mol. The number of aromatic carboxylic acids is 1. The van der Waals surface area contributed by atoms with E-state index in [1.165, 1.54) is 38.5 Å². The van der Waals surface area contributed by atoms with Crippen molar-refractivity contribution in [2.24, 2.45) is 17.8 Å². The first-order valence-electron chi connectivity index (χ1n) is 9.24. The van der Waals surface area contributed by atoms with Gasteiger partial charge in [-0.1, -0.05) is 6.58 Å². The first-order valence-corrected chi connectivity index (χ1v) is 9.24. The number of carboxylic acids is 1. The minimum atomic E-state index is -1.02. The molecule has 130 valence electrons. The summed E-state index contributed by atoms with van der Waals surface area (Å²) in [6.07, 6.45) is 7.88. The molecule has 4 aliphatic rings. The molecule has 0 aliphatic heterocycles. The van der Waals surface area contributed by atoms with Gasteiger partial charge in [0.15, 0.2) is 11.3 Å². The fraction of sp³-hybridized carbons (Fsp3) is 0.550. The largest absolute Gasteiger partial charge is 0.476 e. The summed E-state index contributed by atoms with van der Waals surface area (Å²) in [5.74, 6) is 1.51. The van der Waals surface area contributed by atoms with Crippen molar-refractivity contribution in [1.29, 1.82) is 0 Å². The molecule has 4 bridgehead atoms. The van der Waals surface area contributed by atoms with Crippen molar-refractivity contribution in [2.75, 3.05) is 0 Å². The predicted molar refractivity (Wildman–Crippen MR) is 94.5 cm³/mol. The third-order valence-electron chi connectivity index (χ3n) is 6.67. The second kappa shape index (κ2) is 4.93. The van der Waals surface area contributed by atoms with E-state index >= 15 is 0 Å². The van der Waals surface area contributed by atoms with E-state index in [0.29, 0.717) is 5.65 Å². The molecule has 5 nitrogen and oxygen atoms in total. The first-order chi connectivity index (χ1) is 11.9. The zero-order valence-electron chi connectivity index (χ0n) is 14.5. The maximum atomic E-state index is 11.3. The summed E-state index contributed by atoms with van der Waals surface area (Å²) in [7, 11) is 0. The van der Waals surface area contributed by atoms with E-state index in [2.05, 4.69) is 17.7 Å². The van der Waals surface area contributed by atoms with Gasteiger partial charge in [0.05, 0.1) is 11.4 Å². The molecule has 2 aromatic heterocycles. The average Bonchev–Trinajstić information content (AvgIpc) is 2.96. The van der Waals surface area contributed by atoms with Crippen LogP contribution in [0.1, 0.15) is 67.3 Å². The number of rotatable bonds is 3. The minimum Gasteiger partial charge on any atom is -0.476 e. The molecule has 4 aliphatic carbocycles. The molecule has 25 heavy (non-hydrogen) atoms. The molecule has 1 N–H and O–H groups in total. The van der Waals surface area contributed by atoms with E-state index < -0.39 is 5.97 Å². The van der Waals surface area contributed by atoms with Crippen molar-refractivity contribution in [2.45, 2.75) is 50.9 Å². The Morgan fingerprint density at radius 1 is 1.20 bits per heavy atom. The van der Waals surface area contributed by atoms with E-state index in [1.807, 2.05) is 6.92 Å². The van der Waals surface area contributed by atoms with Crippen molar-refractivity contribution >= 4 is 17.2 Å². The highest BCUT2D eigenvalue weighted by Crippen LogP contribution is 2.60. The second-order valence-corrected chi connectivity index (χ2v) is 8.61. The Morgan fingerprint density at radius 3 is 2.32 bits per heavy atom. The van der Waals surface area contributed by atoms with Gasteiger partial charge in [0.1, 0.15) is 0 Å². The smallest absolute Gasteiger partial charge is 0.356 e. The summed E-state index contributed by atoms with van der Waals surface area (Å²) in [6, 6.07) is 3.71. The van der Waals surface area contributed by atoms with Crippen molar-refractivity contribution in [1.82, 2.24) is 14.6 Å². The SMILES string of the molecule is C=C(C)c1cc(C23CC4CC(CC(C4)C2)C3)nc2cc(C(=O)O)nn12. The van der Waals surface area contributed by atoms with Gasteiger partial charge in [-0.25, -0.2) is 14.3 Å². The van der Waals surface area contributed by atoms with Crippen LogP contribution in [-0.2, 0) is 5.41 Å². The van der Waals surface area contributed by atoms with Gasteiger partial charge >= 0.3 is 5.97 Å². The highest BCUT2D eigenvalue weighted by Gasteiger charge is 2.52. The number of fused-ring (bicyclic) bond motifs is 1. The summed E-state index contributed by atoms with van der Waals surface area (Å²) in [4.78, 5) is 16.2. The van der Waals surface area contributed by atoms with Gasteiger partial charge in [-0.2, -0.15) is 5.10 Å². The van der Waals surface area contributed by atoms with Crippen LogP contribution in [0.5, 0.6) is 0 Å². The Bertz CT molecular complexity index is 876. The summed E-state index contributed by atoms with van der Waals surface area (Å²) >= 11 is 0. The molecule has 0 atom stereocenters. The molecule has 0 spiro atoms. The maximum Gasteiger partial charge on any atom is 0.356 e. The third kappa shape index (κ3) is 2.17. The molecule has 4 saturated carbocycles. The summed E-state index contributed by atoms with van der Waals surface area (Å²) in [5.41, 5.74) is 3.74. The molecule has 2 heterocycles. The Hall–Kier alpha value is -2.17. The fourth-order valence-electron chi connectivity index (χ4n) is 6.08. The van der Waals surface area contributed by atoms with Crippen LogP contribution < -0.4 is 0 Å². The van der Waals surface area contributed by atoms with Crippen molar-refractivity contribution in [3.63, 3.8) is 0 Å². The number of hydrogen-bond donors (Lipinski definition) is 1. The lowest BCUT2D eigenvalue weighted by Gasteiger charge is -2.56. The third-order valence-corrected chi connectivity index (χ3v) is 6.67. The molecule has 2 aromatic rings.